The smallest absolute Gasteiger partial charge is 0.108 e. The van der Waals surface area contributed by atoms with Crippen molar-refractivity contribution in [2.24, 2.45) is 0 Å². The van der Waals surface area contributed by atoms with E-state index < -0.39 is 0 Å². The van der Waals surface area contributed by atoms with E-state index in [0.29, 0.717) is 0 Å². The minimum absolute atomic E-state index is 0.843. The second-order valence-corrected chi connectivity index (χ2v) is 3.27. The number of aromatic nitrogens is 2. The van der Waals surface area contributed by atoms with Crippen molar-refractivity contribution >= 4 is 38.7 Å². The Morgan fingerprint density at radius 2 is 2.27 bits per heavy atom. The first-order valence-corrected chi connectivity index (χ1v) is 5.03. The van der Waals surface area contributed by atoms with Crippen LogP contribution in [0.25, 0.3) is 11.0 Å². The number of fused-ring (bicyclic) bond motifs is 1. The zero-order chi connectivity index (χ0) is 7.68. The van der Waals surface area contributed by atoms with Crippen molar-refractivity contribution in [2.75, 3.05) is 0 Å². The zero-order valence-corrected chi connectivity index (χ0v) is 8.02. The molecule has 2 aromatic rings. The molecule has 0 spiro atoms. The van der Waals surface area contributed by atoms with Crippen LogP contribution in [0.15, 0.2) is 18.2 Å². The fourth-order valence-corrected chi connectivity index (χ4v) is 1.99. The number of benzene rings is 1. The van der Waals surface area contributed by atoms with Crippen molar-refractivity contribution in [3.05, 3.63) is 23.8 Å². The molecule has 0 saturated heterocycles. The predicted molar refractivity (Wildman–Crippen MR) is 50.0 cm³/mol. The van der Waals surface area contributed by atoms with Crippen molar-refractivity contribution < 1.29 is 0 Å². The molecule has 0 aliphatic carbocycles. The van der Waals surface area contributed by atoms with Gasteiger partial charge in [0.25, 0.3) is 0 Å². The first kappa shape index (κ1) is 7.18. The molecule has 1 heterocycles. The van der Waals surface area contributed by atoms with Gasteiger partial charge in [-0.15, -0.1) is 0 Å². The van der Waals surface area contributed by atoms with E-state index in [-0.39, 0.29) is 0 Å². The van der Waals surface area contributed by atoms with Gasteiger partial charge in [0.2, 0.25) is 0 Å². The van der Waals surface area contributed by atoms with E-state index in [0.717, 1.165) is 16.4 Å². The summed E-state index contributed by atoms with van der Waals surface area (Å²) in [5.74, 6) is 0. The molecule has 0 fully saturated rings. The largest absolute Gasteiger partial charge is 0.173 e. The highest BCUT2D eigenvalue weighted by molar-refractivity contribution is 9.08. The summed E-state index contributed by atoms with van der Waals surface area (Å²) in [5.41, 5.74) is 3.22. The van der Waals surface area contributed by atoms with Crippen LogP contribution in [0.4, 0.5) is 0 Å². The maximum atomic E-state index is 4.19. The number of nitrogens with zero attached hydrogens (tertiary/aromatic N) is 2. The Hall–Kier alpha value is -0.480. The van der Waals surface area contributed by atoms with E-state index in [9.17, 15) is 0 Å². The highest BCUT2D eigenvalue weighted by Crippen LogP contribution is 2.18. The number of alkyl halides is 1. The van der Waals surface area contributed by atoms with E-state index in [2.05, 4.69) is 30.7 Å². The topological polar surface area (TPSA) is 25.8 Å². The van der Waals surface area contributed by atoms with Gasteiger partial charge in [-0.2, -0.15) is 8.75 Å². The Labute approximate surface area is 76.7 Å². The van der Waals surface area contributed by atoms with Crippen LogP contribution in [-0.4, -0.2) is 8.75 Å². The van der Waals surface area contributed by atoms with E-state index in [1.54, 1.807) is 0 Å². The fraction of sp³-hybridized carbons (Fsp3) is 0.143. The third-order valence-electron chi connectivity index (χ3n) is 1.51. The average Bonchev–Trinajstić information content (AvgIpc) is 2.50. The maximum absolute atomic E-state index is 4.19. The predicted octanol–water partition coefficient (Wildman–Crippen LogP) is 2.59. The van der Waals surface area contributed by atoms with Crippen molar-refractivity contribution in [1.82, 2.24) is 8.75 Å². The van der Waals surface area contributed by atoms with Crippen LogP contribution in [0, 0.1) is 0 Å². The van der Waals surface area contributed by atoms with Gasteiger partial charge in [-0.3, -0.25) is 0 Å². The van der Waals surface area contributed by atoms with Crippen molar-refractivity contribution in [1.29, 1.82) is 0 Å². The van der Waals surface area contributed by atoms with Crippen LogP contribution < -0.4 is 0 Å². The first-order chi connectivity index (χ1) is 5.42. The quantitative estimate of drug-likeness (QED) is 0.702. The van der Waals surface area contributed by atoms with Crippen LogP contribution in [0.2, 0.25) is 0 Å². The SMILES string of the molecule is BrCc1cccc2nsnc12. The van der Waals surface area contributed by atoms with Crippen molar-refractivity contribution in [3.63, 3.8) is 0 Å². The summed E-state index contributed by atoms with van der Waals surface area (Å²) in [6.45, 7) is 0. The number of hydrogen-bond acceptors (Lipinski definition) is 3. The van der Waals surface area contributed by atoms with E-state index in [1.807, 2.05) is 12.1 Å². The van der Waals surface area contributed by atoms with Gasteiger partial charge in [0.1, 0.15) is 11.0 Å². The second kappa shape index (κ2) is 2.87. The Bertz CT molecular complexity index is 371. The molecule has 0 bridgehead atoms. The molecule has 0 saturated carbocycles. The molecule has 0 radical (unpaired) electrons. The molecule has 0 N–H and O–H groups in total. The van der Waals surface area contributed by atoms with E-state index in [4.69, 9.17) is 0 Å². The first-order valence-electron chi connectivity index (χ1n) is 3.18. The van der Waals surface area contributed by atoms with Gasteiger partial charge in [0.15, 0.2) is 0 Å². The Morgan fingerprint density at radius 3 is 3.09 bits per heavy atom. The minimum Gasteiger partial charge on any atom is -0.173 e. The molecule has 56 valence electrons. The lowest BCUT2D eigenvalue weighted by atomic mass is 10.2. The van der Waals surface area contributed by atoms with Crippen molar-refractivity contribution in [3.8, 4) is 0 Å². The lowest BCUT2D eigenvalue weighted by molar-refractivity contribution is 1.45. The molecule has 1 aromatic carbocycles. The third kappa shape index (κ3) is 1.16. The summed E-state index contributed by atoms with van der Waals surface area (Å²) < 4.78 is 8.33. The molecule has 2 nitrogen and oxygen atoms in total. The minimum atomic E-state index is 0.843. The molecule has 4 heteroatoms. The molecule has 0 aliphatic heterocycles. The van der Waals surface area contributed by atoms with Crippen LogP contribution >= 0.6 is 27.7 Å². The molecule has 0 atom stereocenters. The van der Waals surface area contributed by atoms with E-state index in [1.165, 1.54) is 17.3 Å². The van der Waals surface area contributed by atoms with Crippen LogP contribution in [0.5, 0.6) is 0 Å². The summed E-state index contributed by atoms with van der Waals surface area (Å²) in [6, 6.07) is 6.03. The van der Waals surface area contributed by atoms with Gasteiger partial charge in [0.05, 0.1) is 11.7 Å². The van der Waals surface area contributed by atoms with Gasteiger partial charge < -0.3 is 0 Å². The number of halogens is 1. The molecule has 2 rings (SSSR count). The Balaban J connectivity index is 2.79. The zero-order valence-electron chi connectivity index (χ0n) is 5.62. The normalized spacial score (nSPS) is 10.6. The molecule has 11 heavy (non-hydrogen) atoms. The lowest BCUT2D eigenvalue weighted by Crippen LogP contribution is -1.78. The molecule has 0 aliphatic rings. The van der Waals surface area contributed by atoms with Crippen LogP contribution in [0.1, 0.15) is 5.56 Å². The molecular weight excluding hydrogens is 224 g/mol. The fourth-order valence-electron chi connectivity index (χ4n) is 0.970. The van der Waals surface area contributed by atoms with Gasteiger partial charge >= 0.3 is 0 Å². The molecule has 1 aromatic heterocycles. The molecular formula is C7H5BrN2S. The molecule has 0 amide bonds. The maximum Gasteiger partial charge on any atom is 0.108 e. The summed E-state index contributed by atoms with van der Waals surface area (Å²) in [7, 11) is 0. The third-order valence-corrected chi connectivity index (χ3v) is 2.66. The Kier molecular flexibility index (Phi) is 1.87. The monoisotopic (exact) mass is 228 g/mol. The standard InChI is InChI=1S/C7H5BrN2S/c8-4-5-2-1-3-6-7(5)10-11-9-6/h1-3H,4H2. The average molecular weight is 229 g/mol. The highest BCUT2D eigenvalue weighted by atomic mass is 79.9. The number of hydrogen-bond donors (Lipinski definition) is 0. The summed E-state index contributed by atoms with van der Waals surface area (Å²) in [5, 5.41) is 0.843. The van der Waals surface area contributed by atoms with Gasteiger partial charge in [-0.25, -0.2) is 0 Å². The van der Waals surface area contributed by atoms with Crippen LogP contribution in [-0.2, 0) is 5.33 Å². The highest BCUT2D eigenvalue weighted by Gasteiger charge is 2.01. The van der Waals surface area contributed by atoms with Gasteiger partial charge in [-0.1, -0.05) is 28.1 Å². The lowest BCUT2D eigenvalue weighted by Gasteiger charge is -1.92. The Morgan fingerprint density at radius 1 is 1.36 bits per heavy atom. The van der Waals surface area contributed by atoms with Crippen LogP contribution in [0.3, 0.4) is 0 Å². The molecule has 0 unspecified atom stereocenters. The summed E-state index contributed by atoms with van der Waals surface area (Å²) in [4.78, 5) is 0. The second-order valence-electron chi connectivity index (χ2n) is 2.18. The summed E-state index contributed by atoms with van der Waals surface area (Å²) in [6.07, 6.45) is 0. The summed E-state index contributed by atoms with van der Waals surface area (Å²) >= 11 is 4.66. The van der Waals surface area contributed by atoms with Gasteiger partial charge in [-0.05, 0) is 11.6 Å². The van der Waals surface area contributed by atoms with E-state index >= 15 is 0 Å². The van der Waals surface area contributed by atoms with Gasteiger partial charge in [0, 0.05) is 5.33 Å². The van der Waals surface area contributed by atoms with Crippen molar-refractivity contribution in [2.45, 2.75) is 5.33 Å². The number of rotatable bonds is 1.